The quantitative estimate of drug-likeness (QED) is 0.825. The van der Waals surface area contributed by atoms with Gasteiger partial charge < -0.3 is 15.2 Å². The summed E-state index contributed by atoms with van der Waals surface area (Å²) in [7, 11) is 0. The van der Waals surface area contributed by atoms with Gasteiger partial charge in [0.15, 0.2) is 0 Å². The van der Waals surface area contributed by atoms with Gasteiger partial charge in [0.25, 0.3) is 0 Å². The largest absolute Gasteiger partial charge is 0.434 e. The minimum atomic E-state index is -2.90. The second-order valence-electron chi connectivity index (χ2n) is 4.65. The van der Waals surface area contributed by atoms with Gasteiger partial charge in [-0.05, 0) is 12.1 Å². The van der Waals surface area contributed by atoms with Crippen molar-refractivity contribution in [2.75, 3.05) is 6.54 Å². The van der Waals surface area contributed by atoms with E-state index in [4.69, 9.17) is 0 Å². The Morgan fingerprint density at radius 3 is 2.45 bits per heavy atom. The number of rotatable bonds is 7. The van der Waals surface area contributed by atoms with Crippen LogP contribution in [0.3, 0.4) is 0 Å². The Labute approximate surface area is 126 Å². The standard InChI is InChI=1S/C16H16F3NO2/c17-13-7-3-2-6-12(13)14(21)10-20-9-11-5-1-4-8-15(11)22-16(18)19/h1-8,14,16,20-21H,9-10H2. The SMILES string of the molecule is OC(CNCc1ccccc1OC(F)F)c1ccccc1F. The molecule has 2 rings (SSSR count). The van der Waals surface area contributed by atoms with Crippen molar-refractivity contribution in [2.45, 2.75) is 19.3 Å². The molecule has 1 atom stereocenters. The average molecular weight is 311 g/mol. The summed E-state index contributed by atoms with van der Waals surface area (Å²) < 4.78 is 42.5. The molecule has 0 saturated carbocycles. The van der Waals surface area contributed by atoms with E-state index < -0.39 is 18.5 Å². The Kier molecular flexibility index (Phi) is 5.80. The predicted octanol–water partition coefficient (Wildman–Crippen LogP) is 3.25. The molecular weight excluding hydrogens is 295 g/mol. The zero-order valence-electron chi connectivity index (χ0n) is 11.7. The Morgan fingerprint density at radius 2 is 1.73 bits per heavy atom. The van der Waals surface area contributed by atoms with Gasteiger partial charge in [-0.2, -0.15) is 8.78 Å². The van der Waals surface area contributed by atoms with Gasteiger partial charge in [0.05, 0.1) is 6.10 Å². The average Bonchev–Trinajstić information content (AvgIpc) is 2.49. The monoisotopic (exact) mass is 311 g/mol. The highest BCUT2D eigenvalue weighted by molar-refractivity contribution is 5.33. The topological polar surface area (TPSA) is 41.5 Å². The Bertz CT molecular complexity index is 607. The van der Waals surface area contributed by atoms with Crippen LogP contribution in [-0.2, 0) is 6.54 Å². The molecule has 0 aromatic heterocycles. The maximum atomic E-state index is 13.5. The van der Waals surface area contributed by atoms with E-state index in [1.165, 1.54) is 24.3 Å². The number of hydrogen-bond acceptors (Lipinski definition) is 3. The van der Waals surface area contributed by atoms with Gasteiger partial charge in [-0.25, -0.2) is 4.39 Å². The molecule has 22 heavy (non-hydrogen) atoms. The molecule has 0 fully saturated rings. The summed E-state index contributed by atoms with van der Waals surface area (Å²) in [5.41, 5.74) is 0.718. The number of benzene rings is 2. The van der Waals surface area contributed by atoms with Crippen LogP contribution in [0.1, 0.15) is 17.2 Å². The first-order valence-electron chi connectivity index (χ1n) is 6.74. The lowest BCUT2D eigenvalue weighted by Gasteiger charge is -2.14. The third-order valence-electron chi connectivity index (χ3n) is 3.11. The number of alkyl halides is 2. The number of ether oxygens (including phenoxy) is 1. The van der Waals surface area contributed by atoms with Crippen LogP contribution in [0.25, 0.3) is 0 Å². The molecule has 0 radical (unpaired) electrons. The molecule has 2 aromatic rings. The van der Waals surface area contributed by atoms with Crippen molar-refractivity contribution < 1.29 is 23.0 Å². The summed E-state index contributed by atoms with van der Waals surface area (Å²) >= 11 is 0. The molecule has 0 spiro atoms. The minimum absolute atomic E-state index is 0.0744. The van der Waals surface area contributed by atoms with Crippen molar-refractivity contribution in [1.29, 1.82) is 0 Å². The second kappa shape index (κ2) is 7.82. The van der Waals surface area contributed by atoms with Crippen LogP contribution in [0, 0.1) is 5.82 Å². The number of nitrogens with one attached hydrogen (secondary N) is 1. The molecule has 0 bridgehead atoms. The summed E-state index contributed by atoms with van der Waals surface area (Å²) in [5.74, 6) is -0.413. The van der Waals surface area contributed by atoms with E-state index >= 15 is 0 Å². The van der Waals surface area contributed by atoms with Gasteiger partial charge in [-0.3, -0.25) is 0 Å². The lowest BCUT2D eigenvalue weighted by atomic mass is 10.1. The van der Waals surface area contributed by atoms with Crippen LogP contribution >= 0.6 is 0 Å². The first kappa shape index (κ1) is 16.3. The van der Waals surface area contributed by atoms with E-state index in [1.807, 2.05) is 0 Å². The van der Waals surface area contributed by atoms with E-state index in [2.05, 4.69) is 10.1 Å². The van der Waals surface area contributed by atoms with Crippen molar-refractivity contribution in [3.8, 4) is 5.75 Å². The molecule has 118 valence electrons. The maximum Gasteiger partial charge on any atom is 0.387 e. The Morgan fingerprint density at radius 1 is 1.05 bits per heavy atom. The molecule has 0 aliphatic heterocycles. The Hall–Kier alpha value is -2.05. The highest BCUT2D eigenvalue weighted by atomic mass is 19.3. The van der Waals surface area contributed by atoms with Crippen LogP contribution in [0.15, 0.2) is 48.5 Å². The molecule has 2 N–H and O–H groups in total. The highest BCUT2D eigenvalue weighted by Crippen LogP contribution is 2.20. The predicted molar refractivity (Wildman–Crippen MR) is 76.1 cm³/mol. The normalized spacial score (nSPS) is 12.4. The highest BCUT2D eigenvalue weighted by Gasteiger charge is 2.13. The maximum absolute atomic E-state index is 13.5. The molecule has 0 amide bonds. The van der Waals surface area contributed by atoms with Gasteiger partial charge >= 0.3 is 6.61 Å². The van der Waals surface area contributed by atoms with Crippen LogP contribution in [0.4, 0.5) is 13.2 Å². The van der Waals surface area contributed by atoms with Gasteiger partial charge in [0.1, 0.15) is 11.6 Å². The van der Waals surface area contributed by atoms with E-state index in [-0.39, 0.29) is 24.4 Å². The molecule has 0 saturated heterocycles. The fourth-order valence-corrected chi connectivity index (χ4v) is 2.06. The molecular formula is C16H16F3NO2. The zero-order chi connectivity index (χ0) is 15.9. The van der Waals surface area contributed by atoms with Gasteiger partial charge in [-0.1, -0.05) is 36.4 Å². The van der Waals surface area contributed by atoms with E-state index in [0.29, 0.717) is 5.56 Å². The fraction of sp³-hybridized carbons (Fsp3) is 0.250. The van der Waals surface area contributed by atoms with Crippen LogP contribution in [0.5, 0.6) is 5.75 Å². The molecule has 3 nitrogen and oxygen atoms in total. The molecule has 0 aliphatic carbocycles. The smallest absolute Gasteiger partial charge is 0.387 e. The first-order valence-corrected chi connectivity index (χ1v) is 6.74. The van der Waals surface area contributed by atoms with E-state index in [9.17, 15) is 18.3 Å². The number of aliphatic hydroxyl groups is 1. The van der Waals surface area contributed by atoms with Gasteiger partial charge in [0, 0.05) is 24.2 Å². The third kappa shape index (κ3) is 4.47. The fourth-order valence-electron chi connectivity index (χ4n) is 2.06. The molecule has 1 unspecified atom stereocenters. The van der Waals surface area contributed by atoms with E-state index in [0.717, 1.165) is 0 Å². The summed E-state index contributed by atoms with van der Waals surface area (Å²) in [4.78, 5) is 0. The van der Waals surface area contributed by atoms with Crippen molar-refractivity contribution in [2.24, 2.45) is 0 Å². The van der Waals surface area contributed by atoms with Crippen LogP contribution < -0.4 is 10.1 Å². The zero-order valence-corrected chi connectivity index (χ0v) is 11.7. The number of aliphatic hydroxyl groups excluding tert-OH is 1. The minimum Gasteiger partial charge on any atom is -0.434 e. The molecule has 2 aromatic carbocycles. The van der Waals surface area contributed by atoms with Crippen LogP contribution in [-0.4, -0.2) is 18.3 Å². The molecule has 0 aliphatic rings. The summed E-state index contributed by atoms with van der Waals surface area (Å²) in [6.45, 7) is -2.59. The van der Waals surface area contributed by atoms with Crippen molar-refractivity contribution in [1.82, 2.24) is 5.32 Å². The number of para-hydroxylation sites is 1. The Balaban J connectivity index is 1.93. The summed E-state index contributed by atoms with van der Waals surface area (Å²) in [6, 6.07) is 12.3. The first-order chi connectivity index (χ1) is 10.6. The lowest BCUT2D eigenvalue weighted by molar-refractivity contribution is -0.0505. The van der Waals surface area contributed by atoms with Crippen LogP contribution in [0.2, 0.25) is 0 Å². The summed E-state index contributed by atoms with van der Waals surface area (Å²) in [6.07, 6.45) is -1.02. The molecule has 0 heterocycles. The molecule has 6 heteroatoms. The second-order valence-corrected chi connectivity index (χ2v) is 4.65. The summed E-state index contributed by atoms with van der Waals surface area (Å²) in [5, 5.41) is 12.8. The van der Waals surface area contributed by atoms with Crippen molar-refractivity contribution in [3.63, 3.8) is 0 Å². The van der Waals surface area contributed by atoms with Gasteiger partial charge in [0.2, 0.25) is 0 Å². The third-order valence-corrected chi connectivity index (χ3v) is 3.11. The van der Waals surface area contributed by atoms with Crippen molar-refractivity contribution >= 4 is 0 Å². The lowest BCUT2D eigenvalue weighted by Crippen LogP contribution is -2.22. The number of hydrogen-bond donors (Lipinski definition) is 2. The number of halogens is 3. The van der Waals surface area contributed by atoms with E-state index in [1.54, 1.807) is 24.3 Å². The van der Waals surface area contributed by atoms with Gasteiger partial charge in [-0.15, -0.1) is 0 Å². The van der Waals surface area contributed by atoms with Crippen molar-refractivity contribution in [3.05, 3.63) is 65.5 Å².